The molecule has 0 aliphatic carbocycles. The van der Waals surface area contributed by atoms with Crippen molar-refractivity contribution in [3.05, 3.63) is 34.1 Å². The number of aliphatic hydroxyl groups excluding tert-OH is 2. The van der Waals surface area contributed by atoms with Gasteiger partial charge in [0.1, 0.15) is 12.5 Å². The molecule has 0 amide bonds. The van der Waals surface area contributed by atoms with E-state index in [9.17, 15) is 24.7 Å². The van der Waals surface area contributed by atoms with Crippen LogP contribution < -0.4 is 4.90 Å². The minimum absolute atomic E-state index is 0.170. The van der Waals surface area contributed by atoms with Crippen LogP contribution in [-0.2, 0) is 0 Å². The van der Waals surface area contributed by atoms with Crippen molar-refractivity contribution in [2.45, 2.75) is 26.3 Å². The topological polar surface area (TPSA) is 86.8 Å². The van der Waals surface area contributed by atoms with Gasteiger partial charge in [0, 0.05) is 11.8 Å². The molecule has 1 aromatic carbocycles. The molecule has 0 saturated carbocycles. The second-order valence-corrected chi connectivity index (χ2v) is 3.56. The summed E-state index contributed by atoms with van der Waals surface area (Å²) in [6.07, 6.45) is -2.11. The molecule has 94 valence electrons. The molecule has 0 heterocycles. The second-order valence-electron chi connectivity index (χ2n) is 3.56. The van der Waals surface area contributed by atoms with Crippen molar-refractivity contribution in [1.82, 2.24) is 0 Å². The van der Waals surface area contributed by atoms with E-state index in [4.69, 9.17) is 0 Å². The third-order valence-corrected chi connectivity index (χ3v) is 2.23. The van der Waals surface area contributed by atoms with Crippen molar-refractivity contribution in [2.75, 3.05) is 4.90 Å². The number of nitro groups is 1. The number of nitrogens with zero attached hydrogens (tertiary/aromatic N) is 2. The molecule has 7 heteroatoms. The minimum atomic E-state index is -1.06. The molecular formula is C10H13FN2O4. The zero-order chi connectivity index (χ0) is 13.2. The van der Waals surface area contributed by atoms with Gasteiger partial charge in [-0.05, 0) is 26.0 Å². The third-order valence-electron chi connectivity index (χ3n) is 2.23. The molecule has 0 bridgehead atoms. The predicted octanol–water partition coefficient (Wildman–Crippen LogP) is 1.22. The van der Waals surface area contributed by atoms with Gasteiger partial charge in [0.15, 0.2) is 0 Å². The number of nitro benzene ring substituents is 1. The number of hydrogen-bond donors (Lipinski definition) is 2. The van der Waals surface area contributed by atoms with Crippen LogP contribution in [0.2, 0.25) is 0 Å². The number of anilines is 1. The number of halogens is 1. The largest absolute Gasteiger partial charge is 0.374 e. The van der Waals surface area contributed by atoms with E-state index in [0.717, 1.165) is 17.0 Å². The summed E-state index contributed by atoms with van der Waals surface area (Å²) in [5.74, 6) is -0.963. The lowest BCUT2D eigenvalue weighted by Gasteiger charge is -2.30. The Morgan fingerprint density at radius 3 is 2.29 bits per heavy atom. The van der Waals surface area contributed by atoms with Gasteiger partial charge in [0.05, 0.1) is 4.92 Å². The Balaban J connectivity index is 3.22. The van der Waals surface area contributed by atoms with E-state index in [1.54, 1.807) is 0 Å². The lowest BCUT2D eigenvalue weighted by Crippen LogP contribution is -2.40. The summed E-state index contributed by atoms with van der Waals surface area (Å²) in [7, 11) is 0. The fourth-order valence-electron chi connectivity index (χ4n) is 1.55. The smallest absolute Gasteiger partial charge is 0.306 e. The molecule has 2 unspecified atom stereocenters. The fraction of sp³-hybridized carbons (Fsp3) is 0.400. The Kier molecular flexibility index (Phi) is 3.97. The maximum absolute atomic E-state index is 13.1. The summed E-state index contributed by atoms with van der Waals surface area (Å²) in [6, 6.07) is 3.14. The van der Waals surface area contributed by atoms with Gasteiger partial charge in [-0.2, -0.15) is 4.39 Å². The van der Waals surface area contributed by atoms with E-state index >= 15 is 0 Å². The number of rotatable bonds is 4. The first-order chi connectivity index (χ1) is 7.84. The predicted molar refractivity (Wildman–Crippen MR) is 58.9 cm³/mol. The Labute approximate surface area is 97.1 Å². The summed E-state index contributed by atoms with van der Waals surface area (Å²) < 4.78 is 13.1. The fourth-order valence-corrected chi connectivity index (χ4v) is 1.55. The van der Waals surface area contributed by atoms with Crippen LogP contribution in [0.1, 0.15) is 13.8 Å². The lowest BCUT2D eigenvalue weighted by molar-refractivity contribution is -0.387. The van der Waals surface area contributed by atoms with Gasteiger partial charge in [0.25, 0.3) is 0 Å². The molecule has 1 rings (SSSR count). The minimum Gasteiger partial charge on any atom is -0.374 e. The first-order valence-electron chi connectivity index (χ1n) is 4.93. The second kappa shape index (κ2) is 5.07. The monoisotopic (exact) mass is 244 g/mol. The van der Waals surface area contributed by atoms with Gasteiger partial charge >= 0.3 is 5.69 Å². The lowest BCUT2D eigenvalue weighted by atomic mass is 10.2. The van der Waals surface area contributed by atoms with Crippen LogP contribution in [-0.4, -0.2) is 27.6 Å². The molecule has 0 aliphatic rings. The van der Waals surface area contributed by atoms with Crippen molar-refractivity contribution >= 4 is 11.4 Å². The molecule has 1 aromatic rings. The van der Waals surface area contributed by atoms with E-state index in [-0.39, 0.29) is 5.69 Å². The first-order valence-corrected chi connectivity index (χ1v) is 4.93. The molecule has 0 spiro atoms. The van der Waals surface area contributed by atoms with Crippen molar-refractivity contribution in [3.63, 3.8) is 0 Å². The van der Waals surface area contributed by atoms with E-state index in [1.807, 2.05) is 0 Å². The third kappa shape index (κ3) is 2.89. The summed E-state index contributed by atoms with van der Waals surface area (Å²) in [6.45, 7) is 2.78. The molecule has 2 atom stereocenters. The van der Waals surface area contributed by atoms with Crippen molar-refractivity contribution < 1.29 is 19.5 Å². The van der Waals surface area contributed by atoms with Crippen LogP contribution >= 0.6 is 0 Å². The Bertz CT molecular complexity index is 415. The highest BCUT2D eigenvalue weighted by Gasteiger charge is 2.21. The summed E-state index contributed by atoms with van der Waals surface area (Å²) in [5.41, 5.74) is -0.531. The van der Waals surface area contributed by atoms with E-state index in [0.29, 0.717) is 0 Å². The summed E-state index contributed by atoms with van der Waals surface area (Å²) in [5, 5.41) is 29.4. The van der Waals surface area contributed by atoms with Gasteiger partial charge < -0.3 is 15.1 Å². The average molecular weight is 244 g/mol. The Morgan fingerprint density at radius 1 is 1.35 bits per heavy atom. The molecule has 2 N–H and O–H groups in total. The van der Waals surface area contributed by atoms with Gasteiger partial charge in [-0.25, -0.2) is 0 Å². The van der Waals surface area contributed by atoms with Crippen LogP contribution in [0.25, 0.3) is 0 Å². The van der Waals surface area contributed by atoms with E-state index < -0.39 is 28.9 Å². The molecule has 0 saturated heterocycles. The van der Waals surface area contributed by atoms with Crippen molar-refractivity contribution in [3.8, 4) is 0 Å². The number of hydrogen-bond acceptors (Lipinski definition) is 5. The number of aliphatic hydroxyl groups is 2. The summed E-state index contributed by atoms with van der Waals surface area (Å²) >= 11 is 0. The molecule has 17 heavy (non-hydrogen) atoms. The highest BCUT2D eigenvalue weighted by Crippen LogP contribution is 2.26. The van der Waals surface area contributed by atoms with Crippen molar-refractivity contribution in [1.29, 1.82) is 0 Å². The molecule has 0 aromatic heterocycles. The molecule has 0 aliphatic heterocycles. The van der Waals surface area contributed by atoms with Gasteiger partial charge in [-0.15, -0.1) is 0 Å². The first kappa shape index (κ1) is 13.3. The van der Waals surface area contributed by atoms with Crippen LogP contribution in [0.4, 0.5) is 15.8 Å². The van der Waals surface area contributed by atoms with Gasteiger partial charge in [0.2, 0.25) is 5.82 Å². The van der Waals surface area contributed by atoms with Crippen LogP contribution in [0, 0.1) is 15.9 Å². The highest BCUT2D eigenvalue weighted by molar-refractivity contribution is 5.54. The molecule has 0 fully saturated rings. The van der Waals surface area contributed by atoms with E-state index in [2.05, 4.69) is 0 Å². The maximum atomic E-state index is 13.1. The van der Waals surface area contributed by atoms with Crippen LogP contribution in [0.15, 0.2) is 18.2 Å². The standard InChI is InChI=1S/C10H13FN2O4/c1-6(14)12(7(2)15)8-3-4-9(11)10(5-8)13(16)17/h3-7,14-15H,1-2H3. The zero-order valence-electron chi connectivity index (χ0n) is 9.37. The van der Waals surface area contributed by atoms with E-state index in [1.165, 1.54) is 19.9 Å². The van der Waals surface area contributed by atoms with Gasteiger partial charge in [-0.3, -0.25) is 10.1 Å². The molecular weight excluding hydrogens is 231 g/mol. The summed E-state index contributed by atoms with van der Waals surface area (Å²) in [4.78, 5) is 10.8. The van der Waals surface area contributed by atoms with Crippen LogP contribution in [0.5, 0.6) is 0 Å². The highest BCUT2D eigenvalue weighted by atomic mass is 19.1. The normalized spacial score (nSPS) is 14.2. The average Bonchev–Trinajstić information content (AvgIpc) is 2.19. The molecule has 0 radical (unpaired) electrons. The van der Waals surface area contributed by atoms with Gasteiger partial charge in [-0.1, -0.05) is 0 Å². The zero-order valence-corrected chi connectivity index (χ0v) is 9.37. The van der Waals surface area contributed by atoms with Crippen LogP contribution in [0.3, 0.4) is 0 Å². The number of benzene rings is 1. The quantitative estimate of drug-likeness (QED) is 0.472. The SMILES string of the molecule is CC(O)N(c1ccc(F)c([N+](=O)[O-])c1)C(C)O. The maximum Gasteiger partial charge on any atom is 0.306 e. The Hall–Kier alpha value is -1.73. The van der Waals surface area contributed by atoms with Crippen molar-refractivity contribution in [2.24, 2.45) is 0 Å². The molecule has 6 nitrogen and oxygen atoms in total. The Morgan fingerprint density at radius 2 is 1.88 bits per heavy atom.